The summed E-state index contributed by atoms with van der Waals surface area (Å²) in [6, 6.07) is 0. The molecule has 0 saturated heterocycles. The Morgan fingerprint density at radius 2 is 1.78 bits per heavy atom. The molecule has 0 aliphatic heterocycles. The molecule has 0 amide bonds. The van der Waals surface area contributed by atoms with E-state index < -0.39 is 0 Å². The van der Waals surface area contributed by atoms with E-state index in [-0.39, 0.29) is 0 Å². The van der Waals surface area contributed by atoms with Gasteiger partial charge in [0.1, 0.15) is 11.1 Å². The minimum atomic E-state index is 0.827. The zero-order valence-corrected chi connectivity index (χ0v) is 6.41. The molecule has 0 aliphatic rings. The molecule has 0 aromatic rings. The zero-order chi connectivity index (χ0) is 7.54. The van der Waals surface area contributed by atoms with Gasteiger partial charge in [0.15, 0.2) is 0 Å². The molecule has 54 valence electrons. The van der Waals surface area contributed by atoms with Gasteiger partial charge in [-0.1, -0.05) is 19.8 Å². The Kier molecular flexibility index (Phi) is 19.8. The quantitative estimate of drug-likeness (QED) is 0.269. The SMILES string of the molecule is CCCCCCl.N=[N+]=N. The molecule has 0 rings (SSSR count). The first-order chi connectivity index (χ1) is 4.33. The lowest BCUT2D eigenvalue weighted by Gasteiger charge is -1.84. The third kappa shape index (κ3) is 35.3. The maximum Gasteiger partial charge on any atom is 0.211 e. The lowest BCUT2D eigenvalue weighted by molar-refractivity contribution is 0.776. The largest absolute Gasteiger partial charge is 0.211 e. The van der Waals surface area contributed by atoms with Crippen molar-refractivity contribution < 1.29 is 0 Å². The van der Waals surface area contributed by atoms with Gasteiger partial charge in [-0.2, -0.15) is 0 Å². The number of hydrogen-bond donors (Lipinski definition) is 2. The van der Waals surface area contributed by atoms with Gasteiger partial charge in [0.25, 0.3) is 0 Å². The van der Waals surface area contributed by atoms with E-state index in [9.17, 15) is 0 Å². The van der Waals surface area contributed by atoms with Gasteiger partial charge >= 0.3 is 0 Å². The van der Waals surface area contributed by atoms with E-state index in [1.165, 1.54) is 19.3 Å². The van der Waals surface area contributed by atoms with Crippen LogP contribution in [0, 0.1) is 11.1 Å². The second-order valence-corrected chi connectivity index (χ2v) is 1.89. The van der Waals surface area contributed by atoms with E-state index in [4.69, 9.17) is 22.7 Å². The molecule has 0 saturated carbocycles. The highest BCUT2D eigenvalue weighted by Gasteiger charge is 1.76. The second-order valence-electron chi connectivity index (χ2n) is 1.51. The van der Waals surface area contributed by atoms with Gasteiger partial charge in [-0.05, 0) is 6.42 Å². The monoisotopic (exact) mass is 150 g/mol. The molecule has 0 spiro atoms. The first kappa shape index (κ1) is 11.4. The summed E-state index contributed by atoms with van der Waals surface area (Å²) >= 11 is 5.38. The fraction of sp³-hybridized carbons (Fsp3) is 1.00. The number of rotatable bonds is 3. The first-order valence-electron chi connectivity index (χ1n) is 2.92. The van der Waals surface area contributed by atoms with Gasteiger partial charge in [-0.25, -0.2) is 0 Å². The van der Waals surface area contributed by atoms with Gasteiger partial charge in [-0.3, -0.25) is 0 Å². The van der Waals surface area contributed by atoms with Crippen LogP contribution in [0.5, 0.6) is 0 Å². The van der Waals surface area contributed by atoms with Crippen LogP contribution in [0.4, 0.5) is 0 Å². The van der Waals surface area contributed by atoms with Crippen molar-refractivity contribution in [3.05, 3.63) is 0 Å². The third-order valence-electron chi connectivity index (χ3n) is 0.737. The molecule has 0 atom stereocenters. The zero-order valence-electron chi connectivity index (χ0n) is 5.65. The predicted octanol–water partition coefficient (Wildman–Crippen LogP) is 2.53. The van der Waals surface area contributed by atoms with Crippen LogP contribution >= 0.6 is 11.6 Å². The van der Waals surface area contributed by atoms with Gasteiger partial charge in [0, 0.05) is 5.88 Å². The highest BCUT2D eigenvalue weighted by Crippen LogP contribution is 1.93. The van der Waals surface area contributed by atoms with Crippen molar-refractivity contribution in [1.82, 2.24) is 4.91 Å². The molecular formula is C5H13ClN3+. The van der Waals surface area contributed by atoms with Crippen LogP contribution in [0.2, 0.25) is 0 Å². The van der Waals surface area contributed by atoms with Crippen molar-refractivity contribution >= 4 is 11.6 Å². The third-order valence-corrected chi connectivity index (χ3v) is 1.00. The maximum absolute atomic E-state index is 5.50. The van der Waals surface area contributed by atoms with Crippen molar-refractivity contribution in [2.45, 2.75) is 26.2 Å². The van der Waals surface area contributed by atoms with Crippen LogP contribution in [0.25, 0.3) is 0 Å². The molecule has 3 nitrogen and oxygen atoms in total. The molecule has 0 aromatic carbocycles. The van der Waals surface area contributed by atoms with Crippen molar-refractivity contribution in [3.8, 4) is 0 Å². The second kappa shape index (κ2) is 15.6. The molecular weight excluding hydrogens is 138 g/mol. The fourth-order valence-corrected chi connectivity index (χ4v) is 0.533. The molecule has 4 heteroatoms. The van der Waals surface area contributed by atoms with Crippen LogP contribution in [-0.2, 0) is 0 Å². The molecule has 9 heavy (non-hydrogen) atoms. The molecule has 0 bridgehead atoms. The van der Waals surface area contributed by atoms with Gasteiger partial charge in [-0.15, -0.1) is 11.6 Å². The van der Waals surface area contributed by atoms with Crippen LogP contribution in [0.1, 0.15) is 26.2 Å². The summed E-state index contributed by atoms with van der Waals surface area (Å²) in [5.41, 5.74) is 11.0. The Morgan fingerprint density at radius 3 is 1.89 bits per heavy atom. The van der Waals surface area contributed by atoms with Crippen LogP contribution < -0.4 is 4.91 Å². The average Bonchev–Trinajstić information content (AvgIpc) is 1.86. The highest BCUT2D eigenvalue weighted by atomic mass is 35.5. The van der Waals surface area contributed by atoms with Gasteiger partial charge in [0.05, 0.1) is 0 Å². The van der Waals surface area contributed by atoms with Crippen molar-refractivity contribution in [2.75, 3.05) is 5.88 Å². The van der Waals surface area contributed by atoms with Crippen molar-refractivity contribution in [1.29, 1.82) is 11.1 Å². The summed E-state index contributed by atoms with van der Waals surface area (Å²) in [7, 11) is 0. The Labute approximate surface area is 60.4 Å². The highest BCUT2D eigenvalue weighted by molar-refractivity contribution is 6.17. The number of halogens is 1. The standard InChI is InChI=1S/C5H11Cl.H2N3/c1-2-3-4-5-6;1-3-2/h2-5H2,1H3;1-2H/q;+1. The summed E-state index contributed by atoms with van der Waals surface area (Å²) in [5, 5.41) is 0. The van der Waals surface area contributed by atoms with E-state index in [0.29, 0.717) is 0 Å². The van der Waals surface area contributed by atoms with Crippen LogP contribution in [0.3, 0.4) is 0 Å². The van der Waals surface area contributed by atoms with E-state index in [1.807, 2.05) is 4.91 Å². The Hall–Kier alpha value is -0.400. The van der Waals surface area contributed by atoms with E-state index in [1.54, 1.807) is 0 Å². The summed E-state index contributed by atoms with van der Waals surface area (Å²) in [4.78, 5) is 2.00. The molecule has 0 heterocycles. The Bertz CT molecular complexity index is 64.6. The maximum atomic E-state index is 5.50. The smallest absolute Gasteiger partial charge is 0.127 e. The van der Waals surface area contributed by atoms with Crippen LogP contribution in [-0.4, -0.2) is 5.88 Å². The Balaban J connectivity index is 0. The lowest BCUT2D eigenvalue weighted by atomic mass is 10.3. The molecule has 0 aromatic heterocycles. The number of alkyl halides is 1. The summed E-state index contributed by atoms with van der Waals surface area (Å²) in [6.45, 7) is 2.17. The van der Waals surface area contributed by atoms with Gasteiger partial charge < -0.3 is 0 Å². The number of unbranched alkanes of at least 4 members (excludes halogenated alkanes) is 2. The van der Waals surface area contributed by atoms with Crippen molar-refractivity contribution in [2.24, 2.45) is 0 Å². The van der Waals surface area contributed by atoms with Crippen LogP contribution in [0.15, 0.2) is 0 Å². The molecule has 0 radical (unpaired) electrons. The fourth-order valence-electron chi connectivity index (χ4n) is 0.344. The van der Waals surface area contributed by atoms with Gasteiger partial charge in [0.2, 0.25) is 4.91 Å². The first-order valence-corrected chi connectivity index (χ1v) is 3.46. The lowest BCUT2D eigenvalue weighted by Crippen LogP contribution is -1.70. The Morgan fingerprint density at radius 1 is 1.33 bits per heavy atom. The van der Waals surface area contributed by atoms with E-state index in [0.717, 1.165) is 5.88 Å². The van der Waals surface area contributed by atoms with Crippen molar-refractivity contribution in [3.63, 3.8) is 0 Å². The minimum absolute atomic E-state index is 0.827. The number of nitrogens with zero attached hydrogens (tertiary/aromatic N) is 1. The normalized spacial score (nSPS) is 6.89. The average molecular weight is 151 g/mol. The predicted molar refractivity (Wildman–Crippen MR) is 37.8 cm³/mol. The molecule has 0 aliphatic carbocycles. The number of nitrogens with one attached hydrogen (secondary N) is 2. The summed E-state index contributed by atoms with van der Waals surface area (Å²) < 4.78 is 0. The topological polar surface area (TPSA) is 61.8 Å². The summed E-state index contributed by atoms with van der Waals surface area (Å²) in [6.07, 6.45) is 3.73. The van der Waals surface area contributed by atoms with E-state index >= 15 is 0 Å². The summed E-state index contributed by atoms with van der Waals surface area (Å²) in [5.74, 6) is 0.827. The number of hydrogen-bond acceptors (Lipinski definition) is 2. The minimum Gasteiger partial charge on any atom is -0.127 e. The molecule has 2 N–H and O–H groups in total. The molecule has 0 unspecified atom stereocenters. The van der Waals surface area contributed by atoms with E-state index in [2.05, 4.69) is 6.92 Å². The molecule has 0 fully saturated rings.